The molecule has 26 heavy (non-hydrogen) atoms. The number of amides is 1. The number of rotatable bonds is 8. The first-order valence-electron chi connectivity index (χ1n) is 8.43. The first-order valence-corrected chi connectivity index (χ1v) is 9.22. The van der Waals surface area contributed by atoms with Gasteiger partial charge in [-0.15, -0.1) is 24.0 Å². The molecule has 0 aliphatic rings. The van der Waals surface area contributed by atoms with Gasteiger partial charge in [-0.05, 0) is 40.9 Å². The third-order valence-corrected chi connectivity index (χ3v) is 3.93. The summed E-state index contributed by atoms with van der Waals surface area (Å²) in [5.74, 6) is 1.85. The molecule has 6 nitrogen and oxygen atoms in total. The summed E-state index contributed by atoms with van der Waals surface area (Å²) in [6.45, 7) is 7.68. The molecule has 1 aromatic rings. The van der Waals surface area contributed by atoms with Crippen LogP contribution < -0.4 is 15.4 Å². The Balaban J connectivity index is 0.00000625. The number of carbonyl (C=O) groups is 1. The third kappa shape index (κ3) is 10.2. The number of nitrogens with one attached hydrogen (secondary N) is 2. The zero-order valence-corrected chi connectivity index (χ0v) is 20.0. The molecule has 148 valence electrons. The van der Waals surface area contributed by atoms with Crippen molar-refractivity contribution in [3.05, 3.63) is 28.7 Å². The Bertz CT molecular complexity index is 582. The minimum absolute atomic E-state index is 0. The van der Waals surface area contributed by atoms with Gasteiger partial charge in [0.15, 0.2) is 5.96 Å². The van der Waals surface area contributed by atoms with Crippen LogP contribution in [0.25, 0.3) is 0 Å². The van der Waals surface area contributed by atoms with E-state index >= 15 is 0 Å². The number of guanidine groups is 1. The van der Waals surface area contributed by atoms with E-state index in [9.17, 15) is 4.79 Å². The van der Waals surface area contributed by atoms with Gasteiger partial charge in [0, 0.05) is 20.6 Å². The maximum Gasteiger partial charge on any atom is 0.243 e. The minimum Gasteiger partial charge on any atom is -0.488 e. The third-order valence-electron chi connectivity index (χ3n) is 3.27. The van der Waals surface area contributed by atoms with E-state index in [1.807, 2.05) is 31.2 Å². The molecule has 1 amide bonds. The summed E-state index contributed by atoms with van der Waals surface area (Å²) in [4.78, 5) is 17.6. The van der Waals surface area contributed by atoms with Crippen LogP contribution in [0.1, 0.15) is 20.8 Å². The van der Waals surface area contributed by atoms with Crippen molar-refractivity contribution in [2.75, 3.05) is 33.7 Å². The molecule has 0 aliphatic heterocycles. The molecule has 0 saturated carbocycles. The second kappa shape index (κ2) is 13.2. The Morgan fingerprint density at radius 3 is 2.38 bits per heavy atom. The van der Waals surface area contributed by atoms with Gasteiger partial charge in [-0.2, -0.15) is 0 Å². The maximum absolute atomic E-state index is 11.7. The number of aliphatic imine (C=N–C) groups is 1. The highest BCUT2D eigenvalue weighted by molar-refractivity contribution is 14.0. The Morgan fingerprint density at radius 2 is 1.81 bits per heavy atom. The van der Waals surface area contributed by atoms with Gasteiger partial charge in [0.2, 0.25) is 5.91 Å². The molecule has 0 heterocycles. The molecule has 8 heteroatoms. The summed E-state index contributed by atoms with van der Waals surface area (Å²) in [7, 11) is 3.44. The fourth-order valence-corrected chi connectivity index (χ4v) is 2.18. The quantitative estimate of drug-likeness (QED) is 0.302. The highest BCUT2D eigenvalue weighted by atomic mass is 127. The van der Waals surface area contributed by atoms with E-state index in [1.54, 1.807) is 14.1 Å². The average Bonchev–Trinajstić information content (AvgIpc) is 2.55. The Labute approximate surface area is 182 Å². The standard InChI is InChI=1S/C18H29BrN4O2.HI/c1-13(2)10-20-18(22-12-17(24)23(4)5)21-11-14(3)25-16-9-7-6-8-15(16)19;/h6-9,13-14H,10-12H2,1-5H3,(H2,20,21,22);1H. The summed E-state index contributed by atoms with van der Waals surface area (Å²) < 4.78 is 6.84. The number of likely N-dealkylation sites (N-methyl/N-ethyl adjacent to an activating group) is 1. The zero-order valence-electron chi connectivity index (χ0n) is 16.1. The van der Waals surface area contributed by atoms with E-state index in [0.29, 0.717) is 18.4 Å². The Kier molecular flexibility index (Phi) is 12.7. The smallest absolute Gasteiger partial charge is 0.243 e. The molecule has 0 bridgehead atoms. The number of hydrogen-bond donors (Lipinski definition) is 2. The van der Waals surface area contributed by atoms with Crippen LogP contribution >= 0.6 is 39.9 Å². The van der Waals surface area contributed by atoms with Crippen LogP contribution in [0, 0.1) is 5.92 Å². The number of carbonyl (C=O) groups excluding carboxylic acids is 1. The van der Waals surface area contributed by atoms with Crippen LogP contribution in [-0.2, 0) is 4.79 Å². The van der Waals surface area contributed by atoms with Crippen LogP contribution in [0.3, 0.4) is 0 Å². The molecule has 0 aromatic heterocycles. The fraction of sp³-hybridized carbons (Fsp3) is 0.556. The van der Waals surface area contributed by atoms with E-state index in [2.05, 4.69) is 45.4 Å². The lowest BCUT2D eigenvalue weighted by molar-refractivity contribution is -0.127. The average molecular weight is 541 g/mol. The number of benzene rings is 1. The molecule has 1 unspecified atom stereocenters. The van der Waals surface area contributed by atoms with E-state index in [-0.39, 0.29) is 42.5 Å². The predicted octanol–water partition coefficient (Wildman–Crippen LogP) is 3.11. The van der Waals surface area contributed by atoms with Crippen molar-refractivity contribution in [3.63, 3.8) is 0 Å². The number of hydrogen-bond acceptors (Lipinski definition) is 3. The Hall–Kier alpha value is -1.03. The van der Waals surface area contributed by atoms with Gasteiger partial charge in [-0.3, -0.25) is 4.79 Å². The molecule has 0 aliphatic carbocycles. The van der Waals surface area contributed by atoms with Crippen molar-refractivity contribution >= 4 is 51.8 Å². The largest absolute Gasteiger partial charge is 0.488 e. The molecular formula is C18H30BrIN4O2. The SMILES string of the molecule is CC(C)CNC(=NCC(=O)N(C)C)NCC(C)Oc1ccccc1Br.I. The van der Waals surface area contributed by atoms with E-state index in [1.165, 1.54) is 4.90 Å². The summed E-state index contributed by atoms with van der Waals surface area (Å²) in [6, 6.07) is 7.74. The van der Waals surface area contributed by atoms with Gasteiger partial charge in [-0.1, -0.05) is 26.0 Å². The van der Waals surface area contributed by atoms with Gasteiger partial charge in [0.05, 0.1) is 11.0 Å². The molecule has 0 saturated heterocycles. The molecular weight excluding hydrogens is 511 g/mol. The minimum atomic E-state index is -0.0608. The molecule has 0 spiro atoms. The number of halogens is 2. The van der Waals surface area contributed by atoms with Crippen molar-refractivity contribution in [2.24, 2.45) is 10.9 Å². The predicted molar refractivity (Wildman–Crippen MR) is 121 cm³/mol. The van der Waals surface area contributed by atoms with E-state index in [4.69, 9.17) is 4.74 Å². The van der Waals surface area contributed by atoms with Crippen LogP contribution in [-0.4, -0.2) is 56.6 Å². The monoisotopic (exact) mass is 540 g/mol. The van der Waals surface area contributed by atoms with Crippen LogP contribution in [0.2, 0.25) is 0 Å². The lowest BCUT2D eigenvalue weighted by Gasteiger charge is -2.19. The second-order valence-corrected chi connectivity index (χ2v) is 7.32. The normalized spacial score (nSPS) is 12.2. The molecule has 0 radical (unpaired) electrons. The highest BCUT2D eigenvalue weighted by Gasteiger charge is 2.09. The van der Waals surface area contributed by atoms with Crippen LogP contribution in [0.15, 0.2) is 33.7 Å². The topological polar surface area (TPSA) is 66.0 Å². The second-order valence-electron chi connectivity index (χ2n) is 6.47. The Morgan fingerprint density at radius 1 is 1.19 bits per heavy atom. The van der Waals surface area contributed by atoms with Crippen molar-refractivity contribution in [2.45, 2.75) is 26.9 Å². The fourth-order valence-electron chi connectivity index (χ4n) is 1.80. The summed E-state index contributed by atoms with van der Waals surface area (Å²) in [5.41, 5.74) is 0. The van der Waals surface area contributed by atoms with Gasteiger partial charge < -0.3 is 20.3 Å². The summed E-state index contributed by atoms with van der Waals surface area (Å²) >= 11 is 3.48. The van der Waals surface area contributed by atoms with Crippen molar-refractivity contribution in [3.8, 4) is 5.75 Å². The van der Waals surface area contributed by atoms with Gasteiger partial charge >= 0.3 is 0 Å². The number of nitrogens with zero attached hydrogens (tertiary/aromatic N) is 2. The van der Waals surface area contributed by atoms with Crippen LogP contribution in [0.4, 0.5) is 0 Å². The lowest BCUT2D eigenvalue weighted by Crippen LogP contribution is -2.43. The van der Waals surface area contributed by atoms with Crippen LogP contribution in [0.5, 0.6) is 5.75 Å². The van der Waals surface area contributed by atoms with Gasteiger partial charge in [0.1, 0.15) is 18.4 Å². The van der Waals surface area contributed by atoms with Crippen molar-refractivity contribution < 1.29 is 9.53 Å². The zero-order chi connectivity index (χ0) is 18.8. The van der Waals surface area contributed by atoms with Crippen molar-refractivity contribution in [1.29, 1.82) is 0 Å². The highest BCUT2D eigenvalue weighted by Crippen LogP contribution is 2.24. The number of para-hydroxylation sites is 1. The maximum atomic E-state index is 11.7. The first kappa shape index (κ1) is 25.0. The lowest BCUT2D eigenvalue weighted by atomic mass is 10.2. The summed E-state index contributed by atoms with van der Waals surface area (Å²) in [5, 5.41) is 6.48. The molecule has 0 fully saturated rings. The van der Waals surface area contributed by atoms with E-state index in [0.717, 1.165) is 16.8 Å². The van der Waals surface area contributed by atoms with E-state index < -0.39 is 0 Å². The number of ether oxygens (including phenoxy) is 1. The molecule has 1 aromatic carbocycles. The molecule has 1 atom stereocenters. The molecule has 2 N–H and O–H groups in total. The van der Waals surface area contributed by atoms with Gasteiger partial charge in [0.25, 0.3) is 0 Å². The van der Waals surface area contributed by atoms with Gasteiger partial charge in [-0.25, -0.2) is 4.99 Å². The first-order chi connectivity index (χ1) is 11.8. The molecule has 1 rings (SSSR count). The van der Waals surface area contributed by atoms with Crippen molar-refractivity contribution in [1.82, 2.24) is 15.5 Å². The summed E-state index contributed by atoms with van der Waals surface area (Å²) in [6.07, 6.45) is -0.0608.